The largest absolute Gasteiger partial charge is 0.495 e. The van der Waals surface area contributed by atoms with Crippen molar-refractivity contribution in [3.05, 3.63) is 95.3 Å². The van der Waals surface area contributed by atoms with E-state index in [1.165, 1.54) is 12.1 Å². The molecule has 0 radical (unpaired) electrons. The van der Waals surface area contributed by atoms with Crippen molar-refractivity contribution in [2.24, 2.45) is 0 Å². The van der Waals surface area contributed by atoms with Crippen molar-refractivity contribution < 1.29 is 13.9 Å². The van der Waals surface area contributed by atoms with Gasteiger partial charge >= 0.3 is 0 Å². The summed E-state index contributed by atoms with van der Waals surface area (Å²) < 4.78 is 18.9. The van der Waals surface area contributed by atoms with Gasteiger partial charge in [-0.3, -0.25) is 9.69 Å². The van der Waals surface area contributed by atoms with Crippen LogP contribution >= 0.6 is 0 Å². The molecule has 1 amide bonds. The van der Waals surface area contributed by atoms with Crippen LogP contribution in [0.5, 0.6) is 5.75 Å². The number of aryl methyl sites for hydroxylation is 1. The molecule has 5 heteroatoms. The van der Waals surface area contributed by atoms with Crippen molar-refractivity contribution in [1.29, 1.82) is 0 Å². The molecule has 0 aromatic heterocycles. The maximum Gasteiger partial charge on any atom is 0.246 e. The first kappa shape index (κ1) is 21.1. The first-order valence-corrected chi connectivity index (χ1v) is 10.6. The molecule has 0 bridgehead atoms. The Hall–Kier alpha value is -3.18. The number of hydrogen-bond acceptors (Lipinski definition) is 3. The molecule has 0 spiro atoms. The lowest BCUT2D eigenvalue weighted by Gasteiger charge is -2.31. The SMILES string of the molecule is COc1ccc(C)cc1NC(=O)[C@H](c1ccccc1)N(Cc1ccc(F)cc1)C1CC1. The number of anilines is 1. The van der Waals surface area contributed by atoms with Gasteiger partial charge in [0.1, 0.15) is 17.6 Å². The Bertz CT molecular complexity index is 1030. The van der Waals surface area contributed by atoms with Crippen LogP contribution in [0.2, 0.25) is 0 Å². The Morgan fingerprint density at radius 1 is 1.10 bits per heavy atom. The predicted molar refractivity (Wildman–Crippen MR) is 121 cm³/mol. The van der Waals surface area contributed by atoms with Crippen molar-refractivity contribution in [1.82, 2.24) is 4.90 Å². The van der Waals surface area contributed by atoms with Crippen LogP contribution in [0, 0.1) is 12.7 Å². The number of halogens is 1. The second-order valence-electron chi connectivity index (χ2n) is 8.04. The number of hydrogen-bond donors (Lipinski definition) is 1. The molecule has 3 aromatic rings. The third kappa shape index (κ3) is 5.12. The highest BCUT2D eigenvalue weighted by Crippen LogP contribution is 2.37. The molecule has 3 aromatic carbocycles. The van der Waals surface area contributed by atoms with Crippen LogP contribution in [0.4, 0.5) is 10.1 Å². The van der Waals surface area contributed by atoms with Gasteiger partial charge in [0.05, 0.1) is 12.8 Å². The topological polar surface area (TPSA) is 41.6 Å². The molecule has 4 rings (SSSR count). The first-order chi connectivity index (χ1) is 15.0. The van der Waals surface area contributed by atoms with Gasteiger partial charge in [-0.1, -0.05) is 48.5 Å². The van der Waals surface area contributed by atoms with Gasteiger partial charge in [-0.05, 0) is 60.7 Å². The summed E-state index contributed by atoms with van der Waals surface area (Å²) in [6.45, 7) is 2.55. The number of benzene rings is 3. The van der Waals surface area contributed by atoms with Crippen LogP contribution < -0.4 is 10.1 Å². The van der Waals surface area contributed by atoms with Crippen molar-refractivity contribution >= 4 is 11.6 Å². The van der Waals surface area contributed by atoms with E-state index in [4.69, 9.17) is 4.74 Å². The molecular weight excluding hydrogens is 391 g/mol. The summed E-state index contributed by atoms with van der Waals surface area (Å²) in [5.41, 5.74) is 3.61. The van der Waals surface area contributed by atoms with Crippen molar-refractivity contribution in [2.75, 3.05) is 12.4 Å². The minimum absolute atomic E-state index is 0.107. The molecule has 1 aliphatic carbocycles. The molecule has 160 valence electrons. The highest BCUT2D eigenvalue weighted by molar-refractivity contribution is 5.97. The number of nitrogens with one attached hydrogen (secondary N) is 1. The van der Waals surface area contributed by atoms with Crippen LogP contribution in [0.3, 0.4) is 0 Å². The van der Waals surface area contributed by atoms with E-state index in [1.807, 2.05) is 55.5 Å². The Labute approximate surface area is 182 Å². The normalized spacial score (nSPS) is 14.3. The highest BCUT2D eigenvalue weighted by atomic mass is 19.1. The van der Waals surface area contributed by atoms with Crippen LogP contribution in [-0.4, -0.2) is 24.0 Å². The highest BCUT2D eigenvalue weighted by Gasteiger charge is 2.38. The van der Waals surface area contributed by atoms with E-state index in [9.17, 15) is 9.18 Å². The fourth-order valence-corrected chi connectivity index (χ4v) is 3.89. The van der Waals surface area contributed by atoms with Crippen LogP contribution in [0.25, 0.3) is 0 Å². The molecule has 0 aliphatic heterocycles. The minimum atomic E-state index is -0.469. The second-order valence-corrected chi connectivity index (χ2v) is 8.04. The van der Waals surface area contributed by atoms with Gasteiger partial charge in [-0.25, -0.2) is 4.39 Å². The smallest absolute Gasteiger partial charge is 0.246 e. The number of rotatable bonds is 8. The number of methoxy groups -OCH3 is 1. The van der Waals surface area contributed by atoms with Gasteiger partial charge in [-0.15, -0.1) is 0 Å². The second kappa shape index (κ2) is 9.31. The third-order valence-electron chi connectivity index (χ3n) is 5.60. The Kier molecular flexibility index (Phi) is 6.33. The fourth-order valence-electron chi connectivity index (χ4n) is 3.89. The summed E-state index contributed by atoms with van der Waals surface area (Å²) in [7, 11) is 1.60. The Balaban J connectivity index is 1.67. The molecule has 0 saturated heterocycles. The minimum Gasteiger partial charge on any atom is -0.495 e. The molecule has 1 N–H and O–H groups in total. The Morgan fingerprint density at radius 3 is 2.45 bits per heavy atom. The van der Waals surface area contributed by atoms with Crippen LogP contribution in [0.15, 0.2) is 72.8 Å². The number of ether oxygens (including phenoxy) is 1. The first-order valence-electron chi connectivity index (χ1n) is 10.6. The van der Waals surface area contributed by atoms with E-state index >= 15 is 0 Å². The van der Waals surface area contributed by atoms with Gasteiger partial charge in [-0.2, -0.15) is 0 Å². The number of carbonyl (C=O) groups excluding carboxylic acids is 1. The molecule has 1 fully saturated rings. The average molecular weight is 419 g/mol. The molecule has 0 unspecified atom stereocenters. The third-order valence-corrected chi connectivity index (χ3v) is 5.60. The van der Waals surface area contributed by atoms with E-state index in [0.29, 0.717) is 24.0 Å². The number of amides is 1. The molecule has 1 aliphatic rings. The summed E-state index contributed by atoms with van der Waals surface area (Å²) in [6, 6.07) is 21.9. The predicted octanol–water partition coefficient (Wildman–Crippen LogP) is 5.49. The monoisotopic (exact) mass is 418 g/mol. The van der Waals surface area contributed by atoms with Crippen molar-refractivity contribution in [2.45, 2.75) is 38.4 Å². The molecule has 1 atom stereocenters. The van der Waals surface area contributed by atoms with E-state index in [-0.39, 0.29) is 11.7 Å². The summed E-state index contributed by atoms with van der Waals surface area (Å²) in [5, 5.41) is 3.09. The fraction of sp³-hybridized carbons (Fsp3) is 0.269. The molecular formula is C26H27FN2O2. The van der Waals surface area contributed by atoms with E-state index < -0.39 is 6.04 Å². The van der Waals surface area contributed by atoms with E-state index in [0.717, 1.165) is 29.5 Å². The van der Waals surface area contributed by atoms with Gasteiger partial charge < -0.3 is 10.1 Å². The average Bonchev–Trinajstić information content (AvgIpc) is 3.61. The number of nitrogens with zero attached hydrogens (tertiary/aromatic N) is 1. The van der Waals surface area contributed by atoms with Crippen molar-refractivity contribution in [3.63, 3.8) is 0 Å². The van der Waals surface area contributed by atoms with Crippen LogP contribution in [0.1, 0.15) is 35.6 Å². The Morgan fingerprint density at radius 2 is 1.81 bits per heavy atom. The zero-order chi connectivity index (χ0) is 21.8. The molecule has 1 saturated carbocycles. The molecule has 31 heavy (non-hydrogen) atoms. The van der Waals surface area contributed by atoms with Gasteiger partial charge in [0.15, 0.2) is 0 Å². The van der Waals surface area contributed by atoms with E-state index in [1.54, 1.807) is 19.2 Å². The number of carbonyl (C=O) groups is 1. The van der Waals surface area contributed by atoms with Gasteiger partial charge in [0.2, 0.25) is 5.91 Å². The lowest BCUT2D eigenvalue weighted by Crippen LogP contribution is -2.38. The summed E-state index contributed by atoms with van der Waals surface area (Å²) >= 11 is 0. The summed E-state index contributed by atoms with van der Waals surface area (Å²) in [4.78, 5) is 15.9. The summed E-state index contributed by atoms with van der Waals surface area (Å²) in [6.07, 6.45) is 2.09. The maximum atomic E-state index is 13.6. The lowest BCUT2D eigenvalue weighted by molar-refractivity contribution is -0.122. The zero-order valence-electron chi connectivity index (χ0n) is 17.8. The summed E-state index contributed by atoms with van der Waals surface area (Å²) in [5.74, 6) is 0.261. The quantitative estimate of drug-likeness (QED) is 0.526. The molecule has 4 nitrogen and oxygen atoms in total. The zero-order valence-corrected chi connectivity index (χ0v) is 17.8. The van der Waals surface area contributed by atoms with Crippen molar-refractivity contribution in [3.8, 4) is 5.75 Å². The van der Waals surface area contributed by atoms with E-state index in [2.05, 4.69) is 10.2 Å². The van der Waals surface area contributed by atoms with Crippen LogP contribution in [-0.2, 0) is 11.3 Å². The maximum absolute atomic E-state index is 13.6. The molecule has 0 heterocycles. The van der Waals surface area contributed by atoms with Gasteiger partial charge in [0.25, 0.3) is 0 Å². The van der Waals surface area contributed by atoms with Gasteiger partial charge in [0, 0.05) is 12.6 Å². The lowest BCUT2D eigenvalue weighted by atomic mass is 10.0. The standard InChI is InChI=1S/C26H27FN2O2/c1-18-8-15-24(31-2)23(16-18)28-26(30)25(20-6-4-3-5-7-20)29(22-13-14-22)17-19-9-11-21(27)12-10-19/h3-12,15-16,22,25H,13-14,17H2,1-2H3,(H,28,30)/t25-/m0/s1.